The van der Waals surface area contributed by atoms with E-state index in [-0.39, 0.29) is 0 Å². The van der Waals surface area contributed by atoms with Crippen LogP contribution in [0.4, 0.5) is 0 Å². The van der Waals surface area contributed by atoms with Crippen LogP contribution in [-0.2, 0) is 4.74 Å². The van der Waals surface area contributed by atoms with Crippen LogP contribution in [0.2, 0.25) is 0 Å². The first-order valence-corrected chi connectivity index (χ1v) is 6.40. The van der Waals surface area contributed by atoms with E-state index < -0.39 is 0 Å². The van der Waals surface area contributed by atoms with Crippen molar-refractivity contribution in [2.75, 3.05) is 26.8 Å². The van der Waals surface area contributed by atoms with E-state index >= 15 is 0 Å². The minimum Gasteiger partial charge on any atom is -0.385 e. The molecule has 1 unspecified atom stereocenters. The number of rotatable bonds is 10. The van der Waals surface area contributed by atoms with Gasteiger partial charge in [0.15, 0.2) is 0 Å². The average molecular weight is 215 g/mol. The van der Waals surface area contributed by atoms with Crippen LogP contribution in [0.1, 0.15) is 46.5 Å². The molecule has 0 saturated carbocycles. The maximum atomic E-state index is 5.09. The third-order valence-corrected chi connectivity index (χ3v) is 2.64. The molecule has 0 heterocycles. The Morgan fingerprint density at radius 3 is 2.40 bits per heavy atom. The van der Waals surface area contributed by atoms with Gasteiger partial charge in [-0.3, -0.25) is 0 Å². The first-order valence-electron chi connectivity index (χ1n) is 6.40. The Labute approximate surface area is 95.8 Å². The Kier molecular flexibility index (Phi) is 10.4. The molecule has 0 bridgehead atoms. The Morgan fingerprint density at radius 2 is 1.87 bits per heavy atom. The van der Waals surface area contributed by atoms with Crippen LogP contribution in [0, 0.1) is 11.8 Å². The van der Waals surface area contributed by atoms with Crippen LogP contribution in [-0.4, -0.2) is 26.8 Å². The third-order valence-electron chi connectivity index (χ3n) is 2.64. The smallest absolute Gasteiger partial charge is 0.0462 e. The number of hydrogen-bond acceptors (Lipinski definition) is 2. The molecule has 1 N–H and O–H groups in total. The molecule has 0 fully saturated rings. The Bertz CT molecular complexity index is 126. The summed E-state index contributed by atoms with van der Waals surface area (Å²) < 4.78 is 5.09. The molecule has 92 valence electrons. The van der Waals surface area contributed by atoms with E-state index in [0.717, 1.165) is 25.0 Å². The zero-order chi connectivity index (χ0) is 11.5. The Morgan fingerprint density at radius 1 is 1.13 bits per heavy atom. The fourth-order valence-electron chi connectivity index (χ4n) is 1.85. The zero-order valence-electron chi connectivity index (χ0n) is 11.0. The van der Waals surface area contributed by atoms with Gasteiger partial charge in [0.25, 0.3) is 0 Å². The van der Waals surface area contributed by atoms with Crippen LogP contribution >= 0.6 is 0 Å². The Balaban J connectivity index is 3.53. The summed E-state index contributed by atoms with van der Waals surface area (Å²) in [7, 11) is 1.78. The van der Waals surface area contributed by atoms with E-state index in [2.05, 4.69) is 26.1 Å². The molecule has 15 heavy (non-hydrogen) atoms. The zero-order valence-corrected chi connectivity index (χ0v) is 11.0. The van der Waals surface area contributed by atoms with Crippen molar-refractivity contribution < 1.29 is 4.74 Å². The fourth-order valence-corrected chi connectivity index (χ4v) is 1.85. The van der Waals surface area contributed by atoms with E-state index in [1.54, 1.807) is 7.11 Å². The van der Waals surface area contributed by atoms with Gasteiger partial charge in [-0.15, -0.1) is 0 Å². The molecule has 0 spiro atoms. The molecular formula is C13H29NO. The number of nitrogens with one attached hydrogen (secondary N) is 1. The highest BCUT2D eigenvalue weighted by Gasteiger charge is 2.07. The molecule has 2 nitrogen and oxygen atoms in total. The Hall–Kier alpha value is -0.0800. The number of methoxy groups -OCH3 is 1. The maximum absolute atomic E-state index is 5.09. The van der Waals surface area contributed by atoms with Gasteiger partial charge in [0, 0.05) is 13.7 Å². The average Bonchev–Trinajstić information content (AvgIpc) is 2.17. The molecule has 0 aliphatic carbocycles. The van der Waals surface area contributed by atoms with Crippen molar-refractivity contribution >= 4 is 0 Å². The highest BCUT2D eigenvalue weighted by atomic mass is 16.5. The second-order valence-corrected chi connectivity index (χ2v) is 4.84. The standard InChI is InChI=1S/C13H29NO/c1-5-7-13(8-6-9-15-4)11-14-10-12(2)3/h12-14H,5-11H2,1-4H3. The molecule has 0 saturated heterocycles. The molecule has 0 aromatic carbocycles. The third kappa shape index (κ3) is 10.2. The minimum absolute atomic E-state index is 0.756. The van der Waals surface area contributed by atoms with Crippen molar-refractivity contribution in [3.8, 4) is 0 Å². The first kappa shape index (κ1) is 14.9. The lowest BCUT2D eigenvalue weighted by Crippen LogP contribution is -2.26. The van der Waals surface area contributed by atoms with E-state index in [0.29, 0.717) is 0 Å². The summed E-state index contributed by atoms with van der Waals surface area (Å²) in [6.07, 6.45) is 5.13. The van der Waals surface area contributed by atoms with Gasteiger partial charge in [0.2, 0.25) is 0 Å². The summed E-state index contributed by atoms with van der Waals surface area (Å²) in [5.41, 5.74) is 0. The van der Waals surface area contributed by atoms with E-state index in [1.165, 1.54) is 32.2 Å². The maximum Gasteiger partial charge on any atom is 0.0462 e. The van der Waals surface area contributed by atoms with E-state index in [1.807, 2.05) is 0 Å². The molecule has 0 aliphatic heterocycles. The lowest BCUT2D eigenvalue weighted by atomic mass is 9.98. The predicted molar refractivity (Wildman–Crippen MR) is 67.2 cm³/mol. The van der Waals surface area contributed by atoms with Gasteiger partial charge >= 0.3 is 0 Å². The van der Waals surface area contributed by atoms with Crippen molar-refractivity contribution in [2.24, 2.45) is 11.8 Å². The summed E-state index contributed by atoms with van der Waals surface area (Å²) in [6, 6.07) is 0. The van der Waals surface area contributed by atoms with Gasteiger partial charge in [-0.25, -0.2) is 0 Å². The van der Waals surface area contributed by atoms with Gasteiger partial charge < -0.3 is 10.1 Å². The fraction of sp³-hybridized carbons (Fsp3) is 1.00. The number of hydrogen-bond donors (Lipinski definition) is 1. The van der Waals surface area contributed by atoms with Gasteiger partial charge in [0.1, 0.15) is 0 Å². The highest BCUT2D eigenvalue weighted by molar-refractivity contribution is 4.63. The van der Waals surface area contributed by atoms with Crippen LogP contribution in [0.5, 0.6) is 0 Å². The highest BCUT2D eigenvalue weighted by Crippen LogP contribution is 2.12. The lowest BCUT2D eigenvalue weighted by Gasteiger charge is -2.17. The quantitative estimate of drug-likeness (QED) is 0.565. The van der Waals surface area contributed by atoms with Gasteiger partial charge in [-0.1, -0.05) is 27.2 Å². The van der Waals surface area contributed by atoms with Gasteiger partial charge in [0.05, 0.1) is 0 Å². The molecule has 0 aliphatic rings. The minimum atomic E-state index is 0.756. The van der Waals surface area contributed by atoms with Crippen molar-refractivity contribution in [3.63, 3.8) is 0 Å². The van der Waals surface area contributed by atoms with Gasteiger partial charge in [-0.05, 0) is 44.2 Å². The van der Waals surface area contributed by atoms with E-state index in [4.69, 9.17) is 4.74 Å². The normalized spacial score (nSPS) is 13.4. The van der Waals surface area contributed by atoms with Crippen molar-refractivity contribution in [1.29, 1.82) is 0 Å². The second kappa shape index (κ2) is 10.4. The van der Waals surface area contributed by atoms with Crippen molar-refractivity contribution in [1.82, 2.24) is 5.32 Å². The first-order chi connectivity index (χ1) is 7.20. The molecule has 0 aromatic rings. The topological polar surface area (TPSA) is 21.3 Å². The molecule has 0 amide bonds. The molecular weight excluding hydrogens is 186 g/mol. The predicted octanol–water partition coefficient (Wildman–Crippen LogP) is 3.07. The molecule has 0 radical (unpaired) electrons. The number of ether oxygens (including phenoxy) is 1. The van der Waals surface area contributed by atoms with E-state index in [9.17, 15) is 0 Å². The second-order valence-electron chi connectivity index (χ2n) is 4.84. The van der Waals surface area contributed by atoms with Crippen molar-refractivity contribution in [3.05, 3.63) is 0 Å². The largest absolute Gasteiger partial charge is 0.385 e. The lowest BCUT2D eigenvalue weighted by molar-refractivity contribution is 0.185. The summed E-state index contributed by atoms with van der Waals surface area (Å²) in [5.74, 6) is 1.59. The SMILES string of the molecule is CCCC(CCCOC)CNCC(C)C. The summed E-state index contributed by atoms with van der Waals surface area (Å²) in [4.78, 5) is 0. The van der Waals surface area contributed by atoms with Crippen LogP contribution < -0.4 is 5.32 Å². The van der Waals surface area contributed by atoms with Gasteiger partial charge in [-0.2, -0.15) is 0 Å². The van der Waals surface area contributed by atoms with Crippen LogP contribution in [0.15, 0.2) is 0 Å². The molecule has 0 rings (SSSR count). The van der Waals surface area contributed by atoms with Crippen LogP contribution in [0.25, 0.3) is 0 Å². The monoisotopic (exact) mass is 215 g/mol. The summed E-state index contributed by atoms with van der Waals surface area (Å²) in [5, 5.41) is 3.56. The molecule has 2 heteroatoms. The summed E-state index contributed by atoms with van der Waals surface area (Å²) >= 11 is 0. The molecule has 1 atom stereocenters. The molecule has 0 aromatic heterocycles. The van der Waals surface area contributed by atoms with Crippen LogP contribution in [0.3, 0.4) is 0 Å². The van der Waals surface area contributed by atoms with Crippen molar-refractivity contribution in [2.45, 2.75) is 46.5 Å². The summed E-state index contributed by atoms with van der Waals surface area (Å²) in [6.45, 7) is 10.0.